The normalized spacial score (nSPS) is 12.7. The van der Waals surface area contributed by atoms with Crippen molar-refractivity contribution in [3.05, 3.63) is 144 Å². The minimum absolute atomic E-state index is 0. The summed E-state index contributed by atoms with van der Waals surface area (Å²) in [4.78, 5) is 10.1. The van der Waals surface area contributed by atoms with E-state index < -0.39 is 0 Å². The zero-order valence-electron chi connectivity index (χ0n) is 30.0. The third-order valence-electron chi connectivity index (χ3n) is 10.5. The number of rotatable bonds is 3. The molecule has 6 aromatic carbocycles. The Labute approximate surface area is 324 Å². The topological polar surface area (TPSA) is 49.2 Å². The van der Waals surface area contributed by atoms with Crippen LogP contribution in [-0.2, 0) is 26.5 Å². The van der Waals surface area contributed by atoms with Gasteiger partial charge in [-0.3, -0.25) is 4.98 Å². The summed E-state index contributed by atoms with van der Waals surface area (Å²) in [5.41, 5.74) is 12.0. The van der Waals surface area contributed by atoms with Crippen LogP contribution >= 0.6 is 0 Å². The molecule has 0 saturated heterocycles. The van der Waals surface area contributed by atoms with E-state index in [-0.39, 0.29) is 33.2 Å². The minimum Gasteiger partial charge on any atom is -0.503 e. The van der Waals surface area contributed by atoms with Crippen LogP contribution in [0.3, 0.4) is 0 Å². The van der Waals surface area contributed by atoms with E-state index in [1.807, 2.05) is 18.3 Å². The van der Waals surface area contributed by atoms with Gasteiger partial charge in [0.2, 0.25) is 6.71 Å². The van der Waals surface area contributed by atoms with E-state index in [1.54, 1.807) is 0 Å². The third kappa shape index (κ3) is 5.34. The van der Waals surface area contributed by atoms with Gasteiger partial charge in [0, 0.05) is 28.8 Å². The van der Waals surface area contributed by atoms with Gasteiger partial charge in [-0.25, -0.2) is 0 Å². The van der Waals surface area contributed by atoms with E-state index in [1.165, 1.54) is 11.1 Å². The fourth-order valence-electron chi connectivity index (χ4n) is 7.86. The third-order valence-corrected chi connectivity index (χ3v) is 10.5. The first kappa shape index (κ1) is 33.4. The predicted molar refractivity (Wildman–Crippen MR) is 211 cm³/mol. The number of hydrogen-bond acceptors (Lipinski definition) is 4. The summed E-state index contributed by atoms with van der Waals surface area (Å²) in [6, 6.07) is 45.5. The molecule has 10 rings (SSSR count). The van der Waals surface area contributed by atoms with Crippen molar-refractivity contribution in [1.82, 2.24) is 14.5 Å². The van der Waals surface area contributed by atoms with Crippen molar-refractivity contribution in [3.8, 4) is 51.3 Å². The molecule has 0 bridgehead atoms. The summed E-state index contributed by atoms with van der Waals surface area (Å²) < 4.78 is 15.8. The number of fused-ring (bicyclic) bond motifs is 6. The molecule has 0 spiro atoms. The number of imidazole rings is 1. The first-order valence-electron chi connectivity index (χ1n) is 17.8. The molecule has 4 heterocycles. The van der Waals surface area contributed by atoms with Gasteiger partial charge in [-0.2, -0.15) is 0 Å². The van der Waals surface area contributed by atoms with Gasteiger partial charge >= 0.3 is 21.1 Å². The Kier molecular flexibility index (Phi) is 7.76. The maximum absolute atomic E-state index is 6.78. The number of benzene rings is 6. The van der Waals surface area contributed by atoms with Crippen LogP contribution < -0.4 is 25.9 Å². The van der Waals surface area contributed by atoms with E-state index >= 15 is 0 Å². The molecule has 7 heteroatoms. The molecule has 0 saturated carbocycles. The summed E-state index contributed by atoms with van der Waals surface area (Å²) in [6.07, 6.45) is 1.93. The number of hydrogen-bond donors (Lipinski definition) is 0. The summed E-state index contributed by atoms with van der Waals surface area (Å²) >= 11 is 0. The summed E-state index contributed by atoms with van der Waals surface area (Å²) in [5.74, 6) is 3.98. The number of ether oxygens (including phenoxy) is 2. The second kappa shape index (κ2) is 12.3. The Morgan fingerprint density at radius 3 is 1.98 bits per heavy atom. The van der Waals surface area contributed by atoms with Gasteiger partial charge in [-0.15, -0.1) is 58.5 Å². The number of nitrogens with zero attached hydrogens (tertiary/aromatic N) is 3. The van der Waals surface area contributed by atoms with Crippen molar-refractivity contribution >= 4 is 44.9 Å². The second-order valence-electron chi connectivity index (χ2n) is 15.0. The first-order chi connectivity index (χ1) is 25.2. The van der Waals surface area contributed by atoms with Crippen molar-refractivity contribution in [2.75, 3.05) is 0 Å². The average Bonchev–Trinajstić information content (AvgIpc) is 3.52. The van der Waals surface area contributed by atoms with Gasteiger partial charge in [0.15, 0.2) is 0 Å². The number of pyridine rings is 1. The van der Waals surface area contributed by atoms with Crippen molar-refractivity contribution in [2.24, 2.45) is 0 Å². The molecule has 0 radical (unpaired) electrons. The Bertz CT molecular complexity index is 2750. The molecule has 8 aromatic rings. The molecular weight excluding hydrogens is 832 g/mol. The van der Waals surface area contributed by atoms with Crippen molar-refractivity contribution < 1.29 is 30.5 Å². The Morgan fingerprint density at radius 2 is 1.28 bits per heavy atom. The first-order valence-corrected chi connectivity index (χ1v) is 17.8. The van der Waals surface area contributed by atoms with Gasteiger partial charge < -0.3 is 19.0 Å². The second-order valence-corrected chi connectivity index (χ2v) is 15.0. The summed E-state index contributed by atoms with van der Waals surface area (Å²) in [6.45, 7) is 10.7. The fraction of sp³-hybridized carbons (Fsp3) is 0.130. The van der Waals surface area contributed by atoms with E-state index in [9.17, 15) is 0 Å². The predicted octanol–water partition coefficient (Wildman–Crippen LogP) is 9.15. The molecule has 53 heavy (non-hydrogen) atoms. The van der Waals surface area contributed by atoms with Gasteiger partial charge in [-0.1, -0.05) is 81.4 Å². The van der Waals surface area contributed by atoms with Crippen LogP contribution in [0.1, 0.15) is 37.5 Å². The Morgan fingerprint density at radius 1 is 0.660 bits per heavy atom. The number of para-hydroxylation sites is 3. The van der Waals surface area contributed by atoms with Crippen LogP contribution in [0.5, 0.6) is 23.0 Å². The molecule has 0 fully saturated rings. The molecule has 0 atom stereocenters. The van der Waals surface area contributed by atoms with Gasteiger partial charge in [-0.05, 0) is 76.7 Å². The molecular formula is C46H34BN3O2Pt. The molecule has 2 aromatic heterocycles. The summed E-state index contributed by atoms with van der Waals surface area (Å²) in [5, 5.41) is 2.24. The molecule has 5 nitrogen and oxygen atoms in total. The monoisotopic (exact) mass is 866 g/mol. The van der Waals surface area contributed by atoms with Crippen LogP contribution in [0.25, 0.3) is 50.1 Å². The Hall–Kier alpha value is -5.45. The number of aryl methyl sites for hydroxylation is 2. The zero-order chi connectivity index (χ0) is 35.3. The smallest absolute Gasteiger partial charge is 0.503 e. The summed E-state index contributed by atoms with van der Waals surface area (Å²) in [7, 11) is 0. The molecule has 0 unspecified atom stereocenters. The van der Waals surface area contributed by atoms with Crippen LogP contribution in [0.2, 0.25) is 0 Å². The van der Waals surface area contributed by atoms with E-state index in [0.29, 0.717) is 0 Å². The van der Waals surface area contributed by atoms with Crippen molar-refractivity contribution in [2.45, 2.75) is 40.0 Å². The van der Waals surface area contributed by atoms with Crippen LogP contribution in [0, 0.1) is 26.0 Å². The van der Waals surface area contributed by atoms with E-state index in [4.69, 9.17) is 19.4 Å². The van der Waals surface area contributed by atoms with Crippen LogP contribution in [-0.4, -0.2) is 21.2 Å². The molecule has 0 amide bonds. The fourth-order valence-corrected chi connectivity index (χ4v) is 7.86. The molecule has 2 aliphatic heterocycles. The maximum atomic E-state index is 6.78. The van der Waals surface area contributed by atoms with Crippen LogP contribution in [0.4, 0.5) is 0 Å². The van der Waals surface area contributed by atoms with Crippen molar-refractivity contribution in [3.63, 3.8) is 0 Å². The van der Waals surface area contributed by atoms with Gasteiger partial charge in [0.25, 0.3) is 0 Å². The Balaban J connectivity index is 0.00000372. The number of aromatic nitrogens is 3. The van der Waals surface area contributed by atoms with Gasteiger partial charge in [0.05, 0.1) is 16.9 Å². The van der Waals surface area contributed by atoms with Crippen molar-refractivity contribution in [1.29, 1.82) is 0 Å². The quantitative estimate of drug-likeness (QED) is 0.131. The molecule has 258 valence electrons. The standard InChI is InChI=1S/C46H34BN3O2.Pt/c1-27-11-10-12-28(2)44(27)50-38-16-9-8-15-36(38)49-45(50)31-18-20-40-35(22-31)47-34-21-30(37-23-29-13-6-7-14-32(29)26-48-37)17-19-39(34)51-41-24-33(46(3,4)5)25-42(52-40)43(41)47;/h6-20,23-26H,1-5H3;/q-2;+2. The van der Waals surface area contributed by atoms with E-state index in [0.717, 1.165) is 95.1 Å². The molecule has 0 aliphatic carbocycles. The van der Waals surface area contributed by atoms with Gasteiger partial charge in [0.1, 0.15) is 11.5 Å². The van der Waals surface area contributed by atoms with Crippen LogP contribution in [0.15, 0.2) is 115 Å². The minimum atomic E-state index is -0.232. The average molecular weight is 867 g/mol. The molecule has 0 N–H and O–H groups in total. The van der Waals surface area contributed by atoms with E-state index in [2.05, 4.69) is 148 Å². The zero-order valence-corrected chi connectivity index (χ0v) is 32.3. The molecule has 2 aliphatic rings. The SMILES string of the molecule is Cc1cccc(C)c1-n1c(-c2[c-]c3c(cc2)Oc2cc(C(C)(C)C)cc4c2B3c2[c-]c(-c3cc5ccccc5cn3)ccc2O4)nc2ccccc21.[Pt+2]. The largest absolute Gasteiger partial charge is 2.00 e. The maximum Gasteiger partial charge on any atom is 2.00 e.